The van der Waals surface area contributed by atoms with Gasteiger partial charge in [0.15, 0.2) is 0 Å². The molecular formula is C17H24N2O3. The van der Waals surface area contributed by atoms with Crippen molar-refractivity contribution in [3.63, 3.8) is 0 Å². The first-order valence-electron chi connectivity index (χ1n) is 7.68. The lowest BCUT2D eigenvalue weighted by molar-refractivity contribution is -0.141. The molecule has 120 valence electrons. The third-order valence-electron chi connectivity index (χ3n) is 4.40. The van der Waals surface area contributed by atoms with Gasteiger partial charge in [-0.05, 0) is 50.4 Å². The zero-order chi connectivity index (χ0) is 16.3. The van der Waals surface area contributed by atoms with Gasteiger partial charge in [-0.15, -0.1) is 0 Å². The molecule has 0 aromatic heterocycles. The Morgan fingerprint density at radius 2 is 2.09 bits per heavy atom. The molecule has 0 radical (unpaired) electrons. The maximum Gasteiger partial charge on any atom is 0.307 e. The second-order valence-corrected chi connectivity index (χ2v) is 6.19. The van der Waals surface area contributed by atoms with Crippen molar-refractivity contribution in [2.45, 2.75) is 33.2 Å². The van der Waals surface area contributed by atoms with Crippen LogP contribution in [-0.4, -0.2) is 41.5 Å². The van der Waals surface area contributed by atoms with Gasteiger partial charge in [-0.2, -0.15) is 0 Å². The van der Waals surface area contributed by atoms with Crippen molar-refractivity contribution < 1.29 is 14.7 Å². The van der Waals surface area contributed by atoms with Gasteiger partial charge in [0.05, 0.1) is 18.5 Å². The normalized spacial score (nSPS) is 19.9. The van der Waals surface area contributed by atoms with E-state index in [2.05, 4.69) is 31.3 Å². The Kier molecular flexibility index (Phi) is 5.19. The molecule has 2 rings (SSSR count). The smallest absolute Gasteiger partial charge is 0.307 e. The highest BCUT2D eigenvalue weighted by Gasteiger charge is 2.29. The number of carbonyl (C=O) groups excluding carboxylic acids is 1. The predicted molar refractivity (Wildman–Crippen MR) is 84.7 cm³/mol. The largest absolute Gasteiger partial charge is 0.481 e. The number of nitrogens with one attached hydrogen (secondary N) is 1. The Bertz CT molecular complexity index is 571. The van der Waals surface area contributed by atoms with Crippen molar-refractivity contribution in [3.05, 3.63) is 34.9 Å². The highest BCUT2D eigenvalue weighted by atomic mass is 16.4. The molecule has 0 bridgehead atoms. The summed E-state index contributed by atoms with van der Waals surface area (Å²) in [5.74, 6) is -1.17. The Hall–Kier alpha value is -1.88. The zero-order valence-electron chi connectivity index (χ0n) is 13.4. The average Bonchev–Trinajstić information content (AvgIpc) is 2.90. The van der Waals surface area contributed by atoms with Crippen LogP contribution in [0, 0.1) is 19.8 Å². The number of aryl methyl sites for hydroxylation is 2. The summed E-state index contributed by atoms with van der Waals surface area (Å²) in [4.78, 5) is 24.9. The first kappa shape index (κ1) is 16.5. The molecule has 1 fully saturated rings. The Morgan fingerprint density at radius 1 is 1.36 bits per heavy atom. The third kappa shape index (κ3) is 4.07. The van der Waals surface area contributed by atoms with E-state index in [4.69, 9.17) is 5.11 Å². The van der Waals surface area contributed by atoms with Crippen molar-refractivity contribution in [1.82, 2.24) is 10.2 Å². The molecule has 2 atom stereocenters. The van der Waals surface area contributed by atoms with Gasteiger partial charge in [-0.3, -0.25) is 14.5 Å². The Morgan fingerprint density at radius 3 is 2.68 bits per heavy atom. The minimum absolute atomic E-state index is 0.0512. The molecule has 5 nitrogen and oxygen atoms in total. The van der Waals surface area contributed by atoms with Crippen LogP contribution in [0.2, 0.25) is 0 Å². The maximum absolute atomic E-state index is 12.1. The van der Waals surface area contributed by atoms with Gasteiger partial charge in [0, 0.05) is 6.54 Å². The van der Waals surface area contributed by atoms with E-state index in [9.17, 15) is 9.59 Å². The van der Waals surface area contributed by atoms with Crippen molar-refractivity contribution in [2.75, 3.05) is 19.6 Å². The van der Waals surface area contributed by atoms with Crippen LogP contribution in [0.1, 0.15) is 36.1 Å². The van der Waals surface area contributed by atoms with Gasteiger partial charge < -0.3 is 10.4 Å². The van der Waals surface area contributed by atoms with E-state index < -0.39 is 5.97 Å². The number of likely N-dealkylation sites (tertiary alicyclic amines) is 1. The zero-order valence-corrected chi connectivity index (χ0v) is 13.4. The van der Waals surface area contributed by atoms with Gasteiger partial charge in [-0.1, -0.05) is 18.2 Å². The molecule has 2 unspecified atom stereocenters. The summed E-state index contributed by atoms with van der Waals surface area (Å²) >= 11 is 0. The van der Waals surface area contributed by atoms with E-state index in [1.807, 2.05) is 17.9 Å². The number of aliphatic carboxylic acids is 1. The number of carboxylic acid groups (broad SMARTS) is 1. The first-order valence-corrected chi connectivity index (χ1v) is 7.68. The highest BCUT2D eigenvalue weighted by molar-refractivity contribution is 5.79. The van der Waals surface area contributed by atoms with E-state index in [1.165, 1.54) is 11.1 Å². The number of rotatable bonds is 5. The summed E-state index contributed by atoms with van der Waals surface area (Å²) in [7, 11) is 0. The monoisotopic (exact) mass is 304 g/mol. The number of carbonyl (C=O) groups is 2. The number of hydrogen-bond acceptors (Lipinski definition) is 3. The van der Waals surface area contributed by atoms with E-state index in [0.29, 0.717) is 19.5 Å². The topological polar surface area (TPSA) is 69.6 Å². The summed E-state index contributed by atoms with van der Waals surface area (Å²) < 4.78 is 0. The molecule has 1 heterocycles. The molecule has 1 aromatic carbocycles. The molecule has 0 saturated carbocycles. The van der Waals surface area contributed by atoms with Gasteiger partial charge in [0.25, 0.3) is 0 Å². The molecule has 1 amide bonds. The van der Waals surface area contributed by atoms with E-state index in [0.717, 1.165) is 5.56 Å². The highest BCUT2D eigenvalue weighted by Crippen LogP contribution is 2.18. The van der Waals surface area contributed by atoms with Crippen molar-refractivity contribution in [1.29, 1.82) is 0 Å². The van der Waals surface area contributed by atoms with Gasteiger partial charge in [-0.25, -0.2) is 0 Å². The molecule has 1 aliphatic rings. The summed E-state index contributed by atoms with van der Waals surface area (Å²) in [6, 6.07) is 6.13. The Balaban J connectivity index is 1.86. The molecule has 5 heteroatoms. The van der Waals surface area contributed by atoms with E-state index >= 15 is 0 Å². The van der Waals surface area contributed by atoms with E-state index in [1.54, 1.807) is 0 Å². The summed E-state index contributed by atoms with van der Waals surface area (Å²) in [6.07, 6.45) is 0.620. The van der Waals surface area contributed by atoms with Crippen LogP contribution >= 0.6 is 0 Å². The molecule has 0 spiro atoms. The van der Waals surface area contributed by atoms with Crippen molar-refractivity contribution in [3.8, 4) is 0 Å². The van der Waals surface area contributed by atoms with Crippen molar-refractivity contribution >= 4 is 11.9 Å². The second-order valence-electron chi connectivity index (χ2n) is 6.19. The third-order valence-corrected chi connectivity index (χ3v) is 4.40. The number of benzene rings is 1. The van der Waals surface area contributed by atoms with Crippen LogP contribution in [0.3, 0.4) is 0 Å². The van der Waals surface area contributed by atoms with Crippen LogP contribution in [0.5, 0.6) is 0 Å². The fourth-order valence-corrected chi connectivity index (χ4v) is 2.79. The lowest BCUT2D eigenvalue weighted by Gasteiger charge is -2.19. The van der Waals surface area contributed by atoms with Crippen LogP contribution in [0.15, 0.2) is 18.2 Å². The van der Waals surface area contributed by atoms with E-state index in [-0.39, 0.29) is 24.4 Å². The second kappa shape index (κ2) is 6.92. The number of hydrogen-bond donors (Lipinski definition) is 2. The SMILES string of the molecule is Cc1ccc(C(C)NC(=O)CN2CCC(C(=O)O)C2)cc1C. The summed E-state index contributed by atoms with van der Waals surface area (Å²) in [6.45, 7) is 7.48. The summed E-state index contributed by atoms with van der Waals surface area (Å²) in [5, 5.41) is 12.0. The predicted octanol–water partition coefficient (Wildman–Crippen LogP) is 1.89. The number of carboxylic acids is 1. The Labute approximate surface area is 131 Å². The van der Waals surface area contributed by atoms with Gasteiger partial charge in [0.1, 0.15) is 0 Å². The minimum Gasteiger partial charge on any atom is -0.481 e. The standard InChI is InChI=1S/C17H24N2O3/c1-11-4-5-14(8-12(11)2)13(3)18-16(20)10-19-7-6-15(9-19)17(21)22/h4-5,8,13,15H,6-7,9-10H2,1-3H3,(H,18,20)(H,21,22). The minimum atomic E-state index is -0.772. The molecule has 2 N–H and O–H groups in total. The number of nitrogens with zero attached hydrogens (tertiary/aromatic N) is 1. The van der Waals surface area contributed by atoms with Crippen LogP contribution in [0.25, 0.3) is 0 Å². The lowest BCUT2D eigenvalue weighted by atomic mass is 10.0. The van der Waals surface area contributed by atoms with Gasteiger partial charge in [0.2, 0.25) is 5.91 Å². The molecule has 1 aliphatic heterocycles. The molecular weight excluding hydrogens is 280 g/mol. The van der Waals surface area contributed by atoms with Crippen molar-refractivity contribution in [2.24, 2.45) is 5.92 Å². The molecule has 1 saturated heterocycles. The average molecular weight is 304 g/mol. The molecule has 0 aliphatic carbocycles. The molecule has 22 heavy (non-hydrogen) atoms. The quantitative estimate of drug-likeness (QED) is 0.871. The van der Waals surface area contributed by atoms with Crippen LogP contribution in [-0.2, 0) is 9.59 Å². The lowest BCUT2D eigenvalue weighted by Crippen LogP contribution is -2.37. The maximum atomic E-state index is 12.1. The number of amides is 1. The van der Waals surface area contributed by atoms with Crippen LogP contribution in [0.4, 0.5) is 0 Å². The summed E-state index contributed by atoms with van der Waals surface area (Å²) in [5.41, 5.74) is 3.53. The molecule has 1 aromatic rings. The fraction of sp³-hybridized carbons (Fsp3) is 0.529. The fourth-order valence-electron chi connectivity index (χ4n) is 2.79. The van der Waals surface area contributed by atoms with Gasteiger partial charge >= 0.3 is 5.97 Å². The first-order chi connectivity index (χ1) is 10.4. The van der Waals surface area contributed by atoms with Crippen LogP contribution < -0.4 is 5.32 Å².